The van der Waals surface area contributed by atoms with Gasteiger partial charge in [0, 0.05) is 11.4 Å². The molecule has 1 N–H and O–H groups in total. The SMILES string of the molecule is Cc1nc(-c2nnc(SCC(=O)N=O)[nH]2)c2ccccn12. The molecule has 0 atom stereocenters. The van der Waals surface area contributed by atoms with Gasteiger partial charge >= 0.3 is 0 Å². The van der Waals surface area contributed by atoms with Crippen LogP contribution in [0, 0.1) is 11.8 Å². The molecule has 0 radical (unpaired) electrons. The Labute approximate surface area is 123 Å². The summed E-state index contributed by atoms with van der Waals surface area (Å²) >= 11 is 1.07. The van der Waals surface area contributed by atoms with Crippen molar-refractivity contribution in [3.63, 3.8) is 0 Å². The molecule has 106 valence electrons. The van der Waals surface area contributed by atoms with Crippen molar-refractivity contribution < 1.29 is 4.79 Å². The van der Waals surface area contributed by atoms with E-state index in [0.29, 0.717) is 16.7 Å². The van der Waals surface area contributed by atoms with E-state index in [1.165, 1.54) is 0 Å². The highest BCUT2D eigenvalue weighted by Crippen LogP contribution is 2.23. The Bertz CT molecular complexity index is 824. The van der Waals surface area contributed by atoms with Gasteiger partial charge in [-0.3, -0.25) is 4.79 Å². The van der Waals surface area contributed by atoms with Gasteiger partial charge in [0.05, 0.1) is 11.3 Å². The molecule has 0 saturated heterocycles. The third kappa shape index (κ3) is 2.55. The summed E-state index contributed by atoms with van der Waals surface area (Å²) in [6.45, 7) is 1.90. The summed E-state index contributed by atoms with van der Waals surface area (Å²) in [7, 11) is 0. The third-order valence-corrected chi connectivity index (χ3v) is 3.70. The Morgan fingerprint density at radius 3 is 3.10 bits per heavy atom. The van der Waals surface area contributed by atoms with Crippen LogP contribution in [-0.4, -0.2) is 36.2 Å². The number of aryl methyl sites for hydroxylation is 1. The standard InChI is InChI=1S/C12H10N6O2S/c1-7-13-10(8-4-2-3-5-18(7)8)11-14-12(16-15-11)21-6-9(19)17-20/h2-5H,6H2,1H3,(H,14,15,16). The highest BCUT2D eigenvalue weighted by atomic mass is 32.2. The van der Waals surface area contributed by atoms with Gasteiger partial charge in [0.15, 0.2) is 11.0 Å². The average molecular weight is 302 g/mol. The summed E-state index contributed by atoms with van der Waals surface area (Å²) in [6, 6.07) is 5.77. The summed E-state index contributed by atoms with van der Waals surface area (Å²) in [4.78, 5) is 28.3. The summed E-state index contributed by atoms with van der Waals surface area (Å²) in [5, 5.41) is 10.7. The first kappa shape index (κ1) is 13.4. The number of H-pyrrole nitrogens is 1. The van der Waals surface area contributed by atoms with Gasteiger partial charge in [-0.25, -0.2) is 4.98 Å². The number of pyridine rings is 1. The number of nitrogens with zero attached hydrogens (tertiary/aromatic N) is 5. The van der Waals surface area contributed by atoms with Crippen molar-refractivity contribution in [2.45, 2.75) is 12.1 Å². The van der Waals surface area contributed by atoms with Gasteiger partial charge in [0.25, 0.3) is 5.91 Å². The molecule has 3 aromatic heterocycles. The average Bonchev–Trinajstić information content (AvgIpc) is 3.10. The molecule has 0 aliphatic rings. The van der Waals surface area contributed by atoms with Gasteiger partial charge in [-0.15, -0.1) is 15.1 Å². The van der Waals surface area contributed by atoms with E-state index >= 15 is 0 Å². The number of imidazole rings is 1. The van der Waals surface area contributed by atoms with Crippen LogP contribution in [0.2, 0.25) is 0 Å². The highest BCUT2D eigenvalue weighted by Gasteiger charge is 2.14. The lowest BCUT2D eigenvalue weighted by atomic mass is 10.3. The van der Waals surface area contributed by atoms with Crippen LogP contribution in [0.1, 0.15) is 5.82 Å². The number of nitrogens with one attached hydrogen (secondary N) is 1. The predicted molar refractivity (Wildman–Crippen MR) is 76.8 cm³/mol. The zero-order chi connectivity index (χ0) is 14.8. The molecule has 0 aliphatic heterocycles. The second-order valence-corrected chi connectivity index (χ2v) is 5.18. The van der Waals surface area contributed by atoms with Crippen molar-refractivity contribution in [3.8, 4) is 11.5 Å². The second kappa shape index (κ2) is 5.44. The van der Waals surface area contributed by atoms with Crippen LogP contribution in [0.4, 0.5) is 0 Å². The van der Waals surface area contributed by atoms with Crippen molar-refractivity contribution in [2.75, 3.05) is 5.75 Å². The Morgan fingerprint density at radius 2 is 2.29 bits per heavy atom. The number of hydrogen-bond donors (Lipinski definition) is 1. The van der Waals surface area contributed by atoms with Crippen molar-refractivity contribution >= 4 is 23.2 Å². The number of carbonyl (C=O) groups excluding carboxylic acids is 1. The van der Waals surface area contributed by atoms with E-state index < -0.39 is 5.91 Å². The lowest BCUT2D eigenvalue weighted by molar-refractivity contribution is -0.115. The molecule has 0 bridgehead atoms. The van der Waals surface area contributed by atoms with Gasteiger partial charge in [-0.05, 0) is 19.1 Å². The molecule has 0 aromatic carbocycles. The molecule has 3 rings (SSSR count). The molecule has 9 heteroatoms. The monoisotopic (exact) mass is 302 g/mol. The van der Waals surface area contributed by atoms with Crippen LogP contribution in [-0.2, 0) is 4.79 Å². The zero-order valence-corrected chi connectivity index (χ0v) is 11.8. The Morgan fingerprint density at radius 1 is 1.43 bits per heavy atom. The number of fused-ring (bicyclic) bond motifs is 1. The Hall–Kier alpha value is -2.55. The number of aromatic nitrogens is 5. The molecule has 0 spiro atoms. The Kier molecular flexibility index (Phi) is 3.48. The van der Waals surface area contributed by atoms with E-state index in [2.05, 4.69) is 25.3 Å². The van der Waals surface area contributed by atoms with E-state index in [-0.39, 0.29) is 5.75 Å². The van der Waals surface area contributed by atoms with Crippen molar-refractivity contribution in [1.29, 1.82) is 0 Å². The van der Waals surface area contributed by atoms with E-state index in [4.69, 9.17) is 0 Å². The topological polar surface area (TPSA) is 105 Å². The highest BCUT2D eigenvalue weighted by molar-refractivity contribution is 7.99. The normalized spacial score (nSPS) is 10.9. The first-order valence-electron chi connectivity index (χ1n) is 6.05. The van der Waals surface area contributed by atoms with Gasteiger partial charge in [0.2, 0.25) is 0 Å². The molecule has 0 saturated carbocycles. The summed E-state index contributed by atoms with van der Waals surface area (Å²) in [5.74, 6) is 0.551. The maximum Gasteiger partial charge on any atom is 0.296 e. The molecule has 3 aromatic rings. The second-order valence-electron chi connectivity index (χ2n) is 4.22. The molecule has 3 heterocycles. The molecule has 0 aliphatic carbocycles. The third-order valence-electron chi connectivity index (χ3n) is 2.85. The molecule has 8 nitrogen and oxygen atoms in total. The van der Waals surface area contributed by atoms with E-state index in [1.54, 1.807) is 0 Å². The molecule has 21 heavy (non-hydrogen) atoms. The fraction of sp³-hybridized carbons (Fsp3) is 0.167. The van der Waals surface area contributed by atoms with E-state index in [0.717, 1.165) is 23.1 Å². The predicted octanol–water partition coefficient (Wildman–Crippen LogP) is 1.81. The van der Waals surface area contributed by atoms with Crippen LogP contribution in [0.3, 0.4) is 0 Å². The number of aromatic amines is 1. The number of carbonyl (C=O) groups is 1. The molecular formula is C12H10N6O2S. The van der Waals surface area contributed by atoms with Gasteiger partial charge in [0.1, 0.15) is 11.5 Å². The fourth-order valence-corrected chi connectivity index (χ4v) is 2.52. The summed E-state index contributed by atoms with van der Waals surface area (Å²) in [5.41, 5.74) is 1.60. The summed E-state index contributed by atoms with van der Waals surface area (Å²) < 4.78 is 1.95. The largest absolute Gasteiger partial charge is 0.315 e. The first-order chi connectivity index (χ1) is 10.2. The lowest BCUT2D eigenvalue weighted by Crippen LogP contribution is -1.95. The molecular weight excluding hydrogens is 292 g/mol. The van der Waals surface area contributed by atoms with Gasteiger partial charge in [-0.2, -0.15) is 0 Å². The van der Waals surface area contributed by atoms with Crippen molar-refractivity contribution in [3.05, 3.63) is 35.1 Å². The van der Waals surface area contributed by atoms with E-state index in [9.17, 15) is 9.70 Å². The van der Waals surface area contributed by atoms with Crippen molar-refractivity contribution in [1.82, 2.24) is 24.6 Å². The maximum absolute atomic E-state index is 10.9. The van der Waals surface area contributed by atoms with E-state index in [1.807, 2.05) is 35.7 Å². The quantitative estimate of drug-likeness (QED) is 0.582. The number of rotatable bonds is 4. The van der Waals surface area contributed by atoms with Crippen molar-refractivity contribution in [2.24, 2.45) is 5.18 Å². The molecule has 0 fully saturated rings. The minimum absolute atomic E-state index is 0.0684. The van der Waals surface area contributed by atoms with Gasteiger partial charge in [-0.1, -0.05) is 17.8 Å². The number of hydrogen-bond acceptors (Lipinski definition) is 6. The number of amides is 1. The van der Waals surface area contributed by atoms with Crippen LogP contribution in [0.15, 0.2) is 34.7 Å². The number of nitroso groups, excluding NO2 is 1. The lowest BCUT2D eigenvalue weighted by Gasteiger charge is -1.94. The van der Waals surface area contributed by atoms with Crippen LogP contribution >= 0.6 is 11.8 Å². The Balaban J connectivity index is 1.91. The maximum atomic E-state index is 10.9. The van der Waals surface area contributed by atoms with Gasteiger partial charge < -0.3 is 9.38 Å². The minimum atomic E-state index is -0.735. The first-order valence-corrected chi connectivity index (χ1v) is 7.03. The minimum Gasteiger partial charge on any atom is -0.315 e. The van der Waals surface area contributed by atoms with Crippen LogP contribution < -0.4 is 0 Å². The molecule has 0 unspecified atom stereocenters. The van der Waals surface area contributed by atoms with Crippen LogP contribution in [0.25, 0.3) is 17.0 Å². The number of thioether (sulfide) groups is 1. The summed E-state index contributed by atoms with van der Waals surface area (Å²) in [6.07, 6.45) is 1.92. The van der Waals surface area contributed by atoms with Crippen LogP contribution in [0.5, 0.6) is 0 Å². The zero-order valence-electron chi connectivity index (χ0n) is 11.0. The smallest absolute Gasteiger partial charge is 0.296 e. The fourth-order valence-electron chi connectivity index (χ4n) is 1.94. The molecule has 1 amide bonds.